The molecular weight excluding hydrogens is 504 g/mol. The smallest absolute Gasteiger partial charge is 0.201 e. The molecule has 1 aromatic heterocycles. The highest BCUT2D eigenvalue weighted by Gasteiger charge is 2.36. The number of ether oxygens (including phenoxy) is 1. The molecule has 0 radical (unpaired) electrons. The molecule has 0 amide bonds. The molecule has 0 fully saturated rings. The Morgan fingerprint density at radius 1 is 0.769 bits per heavy atom. The average Bonchev–Trinajstić information content (AvgIpc) is 3.30. The summed E-state index contributed by atoms with van der Waals surface area (Å²) in [6.07, 6.45) is -0.737. The topological polar surface area (TPSA) is 158 Å². The standard InChI is InChI=1S/C30H20O9/c31-16-5-1-14(2-6-16)23-12-21(35)25-24(38-23)13-22(36)26-27(28(37)19-10-9-18(33)11-20(19)34)29(39-30(25)26)15-3-7-17(32)8-4-15/h1-11,13,23,31-34,36H,12H2/t23-/m1/s1. The van der Waals surface area contributed by atoms with E-state index < -0.39 is 23.4 Å². The minimum Gasteiger partial charge on any atom is -0.508 e. The summed E-state index contributed by atoms with van der Waals surface area (Å²) >= 11 is 0. The van der Waals surface area contributed by atoms with Crippen molar-refractivity contribution in [2.24, 2.45) is 0 Å². The molecule has 0 bridgehead atoms. The van der Waals surface area contributed by atoms with Crippen LogP contribution in [0.4, 0.5) is 0 Å². The Bertz CT molecular complexity index is 1780. The third-order valence-corrected chi connectivity index (χ3v) is 6.67. The number of rotatable bonds is 4. The van der Waals surface area contributed by atoms with E-state index in [-0.39, 0.29) is 68.6 Å². The molecule has 9 nitrogen and oxygen atoms in total. The molecule has 0 saturated heterocycles. The summed E-state index contributed by atoms with van der Waals surface area (Å²) in [6, 6.07) is 16.7. The molecule has 0 aliphatic carbocycles. The first-order chi connectivity index (χ1) is 18.7. The van der Waals surface area contributed by atoms with Gasteiger partial charge in [-0.2, -0.15) is 0 Å². The summed E-state index contributed by atoms with van der Waals surface area (Å²) in [4.78, 5) is 27.2. The van der Waals surface area contributed by atoms with Crippen LogP contribution in [0.15, 0.2) is 77.2 Å². The maximum Gasteiger partial charge on any atom is 0.201 e. The van der Waals surface area contributed by atoms with Crippen LogP contribution in [0.5, 0.6) is 34.5 Å². The number of furan rings is 1. The van der Waals surface area contributed by atoms with Gasteiger partial charge in [0.05, 0.1) is 22.9 Å². The van der Waals surface area contributed by atoms with Gasteiger partial charge in [0.2, 0.25) is 5.78 Å². The number of aromatic hydroxyl groups is 5. The summed E-state index contributed by atoms with van der Waals surface area (Å²) in [7, 11) is 0. The zero-order valence-corrected chi connectivity index (χ0v) is 20.1. The van der Waals surface area contributed by atoms with E-state index in [4.69, 9.17) is 9.15 Å². The van der Waals surface area contributed by atoms with Gasteiger partial charge in [-0.05, 0) is 54.1 Å². The first-order valence-electron chi connectivity index (χ1n) is 11.9. The third-order valence-electron chi connectivity index (χ3n) is 6.67. The van der Waals surface area contributed by atoms with Crippen LogP contribution in [0.25, 0.3) is 22.3 Å². The van der Waals surface area contributed by atoms with E-state index in [1.807, 2.05) is 0 Å². The fourth-order valence-corrected chi connectivity index (χ4v) is 4.81. The second-order valence-corrected chi connectivity index (χ2v) is 9.18. The van der Waals surface area contributed by atoms with Crippen molar-refractivity contribution in [1.29, 1.82) is 0 Å². The van der Waals surface area contributed by atoms with Gasteiger partial charge in [-0.3, -0.25) is 9.59 Å². The van der Waals surface area contributed by atoms with Crippen molar-refractivity contribution < 1.29 is 44.3 Å². The van der Waals surface area contributed by atoms with Crippen molar-refractivity contribution in [1.82, 2.24) is 0 Å². The van der Waals surface area contributed by atoms with Crippen molar-refractivity contribution in [3.63, 3.8) is 0 Å². The van der Waals surface area contributed by atoms with E-state index in [1.165, 1.54) is 54.6 Å². The maximum atomic E-state index is 13.8. The van der Waals surface area contributed by atoms with Gasteiger partial charge in [0, 0.05) is 17.7 Å². The van der Waals surface area contributed by atoms with Crippen molar-refractivity contribution in [2.45, 2.75) is 12.5 Å². The second kappa shape index (κ2) is 8.84. The lowest BCUT2D eigenvalue weighted by Crippen LogP contribution is -2.20. The van der Waals surface area contributed by atoms with E-state index in [0.717, 1.165) is 6.07 Å². The summed E-state index contributed by atoms with van der Waals surface area (Å²) in [5, 5.41) is 50.5. The summed E-state index contributed by atoms with van der Waals surface area (Å²) in [6.45, 7) is 0. The summed E-state index contributed by atoms with van der Waals surface area (Å²) in [5.74, 6) is -2.10. The fourth-order valence-electron chi connectivity index (χ4n) is 4.81. The molecule has 0 spiro atoms. The van der Waals surface area contributed by atoms with Crippen LogP contribution < -0.4 is 4.74 Å². The Hall–Kier alpha value is -5.44. The van der Waals surface area contributed by atoms with Gasteiger partial charge in [-0.15, -0.1) is 0 Å². The normalized spacial score (nSPS) is 14.7. The predicted molar refractivity (Wildman–Crippen MR) is 139 cm³/mol. The highest BCUT2D eigenvalue weighted by Crippen LogP contribution is 2.48. The van der Waals surface area contributed by atoms with Gasteiger partial charge in [-0.25, -0.2) is 0 Å². The number of hydrogen-bond donors (Lipinski definition) is 5. The predicted octanol–water partition coefficient (Wildman–Crippen LogP) is 5.57. The van der Waals surface area contributed by atoms with Gasteiger partial charge in [0.1, 0.15) is 51.9 Å². The number of ketones is 2. The molecule has 9 heteroatoms. The third kappa shape index (κ3) is 3.97. The number of hydrogen-bond acceptors (Lipinski definition) is 9. The molecule has 6 rings (SSSR count). The molecule has 0 saturated carbocycles. The minimum absolute atomic E-state index is 0.000340. The SMILES string of the molecule is O=C1C[C@H](c2ccc(O)cc2)Oc2cc(O)c3c(C(=O)c4ccc(O)cc4O)c(-c4ccc(O)cc4)oc3c21. The first kappa shape index (κ1) is 23.9. The molecule has 5 N–H and O–H groups in total. The number of benzene rings is 4. The van der Waals surface area contributed by atoms with Crippen molar-refractivity contribution in [2.75, 3.05) is 0 Å². The van der Waals surface area contributed by atoms with Gasteiger partial charge in [0.25, 0.3) is 0 Å². The molecule has 4 aromatic carbocycles. The quantitative estimate of drug-likeness (QED) is 0.190. The zero-order chi connectivity index (χ0) is 27.4. The highest BCUT2D eigenvalue weighted by atomic mass is 16.5. The van der Waals surface area contributed by atoms with E-state index in [9.17, 15) is 35.1 Å². The van der Waals surface area contributed by atoms with Gasteiger partial charge >= 0.3 is 0 Å². The van der Waals surface area contributed by atoms with E-state index in [2.05, 4.69) is 0 Å². The van der Waals surface area contributed by atoms with Crippen molar-refractivity contribution >= 4 is 22.5 Å². The second-order valence-electron chi connectivity index (χ2n) is 9.18. The lowest BCUT2D eigenvalue weighted by atomic mass is 9.92. The van der Waals surface area contributed by atoms with E-state index in [1.54, 1.807) is 12.1 Å². The number of carbonyl (C=O) groups excluding carboxylic acids is 2. The van der Waals surface area contributed by atoms with Crippen LogP contribution in [0.2, 0.25) is 0 Å². The molecular formula is C30H20O9. The van der Waals surface area contributed by atoms with Crippen LogP contribution in [0, 0.1) is 0 Å². The summed E-state index contributed by atoms with van der Waals surface area (Å²) < 4.78 is 12.2. The number of carbonyl (C=O) groups is 2. The Kier molecular flexibility index (Phi) is 5.43. The molecule has 5 aromatic rings. The molecule has 1 atom stereocenters. The molecule has 1 aliphatic heterocycles. The first-order valence-corrected chi connectivity index (χ1v) is 11.9. The number of phenols is 5. The van der Waals surface area contributed by atoms with Gasteiger partial charge in [0.15, 0.2) is 11.4 Å². The van der Waals surface area contributed by atoms with E-state index in [0.29, 0.717) is 11.1 Å². The number of fused-ring (bicyclic) bond motifs is 3. The lowest BCUT2D eigenvalue weighted by Gasteiger charge is -2.25. The molecule has 39 heavy (non-hydrogen) atoms. The van der Waals surface area contributed by atoms with Crippen molar-refractivity contribution in [3.8, 4) is 45.8 Å². The molecule has 194 valence electrons. The van der Waals surface area contributed by atoms with Gasteiger partial charge in [-0.1, -0.05) is 12.1 Å². The maximum absolute atomic E-state index is 13.8. The Labute approximate surface area is 220 Å². The average molecular weight is 524 g/mol. The molecule has 1 aliphatic rings. The highest BCUT2D eigenvalue weighted by molar-refractivity contribution is 6.24. The lowest BCUT2D eigenvalue weighted by molar-refractivity contribution is 0.0850. The Morgan fingerprint density at radius 3 is 2.08 bits per heavy atom. The van der Waals surface area contributed by atoms with Crippen LogP contribution in [-0.4, -0.2) is 37.1 Å². The van der Waals surface area contributed by atoms with Crippen LogP contribution in [-0.2, 0) is 0 Å². The van der Waals surface area contributed by atoms with E-state index >= 15 is 0 Å². The Morgan fingerprint density at radius 2 is 1.41 bits per heavy atom. The van der Waals surface area contributed by atoms with Crippen LogP contribution >= 0.6 is 0 Å². The zero-order valence-electron chi connectivity index (χ0n) is 20.1. The van der Waals surface area contributed by atoms with Crippen LogP contribution in [0.1, 0.15) is 44.4 Å². The largest absolute Gasteiger partial charge is 0.508 e. The van der Waals surface area contributed by atoms with Crippen molar-refractivity contribution in [3.05, 3.63) is 95.1 Å². The molecule has 0 unspecified atom stereocenters. The number of Topliss-reactive ketones (excluding diaryl/α,β-unsaturated/α-hetero) is 1. The minimum atomic E-state index is -0.726. The number of phenolic OH excluding ortho intramolecular Hbond substituents is 5. The summed E-state index contributed by atoms with van der Waals surface area (Å²) in [5.41, 5.74) is 0.711. The van der Waals surface area contributed by atoms with Crippen LogP contribution in [0.3, 0.4) is 0 Å². The Balaban J connectivity index is 1.57. The monoisotopic (exact) mass is 524 g/mol. The van der Waals surface area contributed by atoms with Gasteiger partial charge < -0.3 is 34.7 Å². The fraction of sp³-hybridized carbons (Fsp3) is 0.0667. The molecule has 2 heterocycles.